The predicted octanol–water partition coefficient (Wildman–Crippen LogP) is 5.17. The Morgan fingerprint density at radius 1 is 1.38 bits per heavy atom. The Labute approximate surface area is 111 Å². The molecule has 1 heterocycles. The third-order valence-electron chi connectivity index (χ3n) is 2.30. The van der Waals surface area contributed by atoms with Gasteiger partial charge in [0, 0.05) is 0 Å². The molecule has 2 aromatic rings. The number of hydrogen-bond acceptors (Lipinski definition) is 1. The highest BCUT2D eigenvalue weighted by Crippen LogP contribution is 2.28. The van der Waals surface area contributed by atoms with Gasteiger partial charge in [-0.15, -0.1) is 11.6 Å². The first kappa shape index (κ1) is 12.1. The van der Waals surface area contributed by atoms with E-state index in [9.17, 15) is 4.39 Å². The zero-order valence-corrected chi connectivity index (χ0v) is 11.4. The number of rotatable bonds is 3. The van der Waals surface area contributed by atoms with E-state index in [0.29, 0.717) is 4.47 Å². The van der Waals surface area contributed by atoms with Gasteiger partial charge in [-0.3, -0.25) is 0 Å². The van der Waals surface area contributed by atoms with Gasteiger partial charge in [0.05, 0.1) is 9.85 Å². The molecule has 0 saturated carbocycles. The molecule has 0 amide bonds. The number of alkyl halides is 1. The minimum Gasteiger partial charge on any atom is -0.206 e. The Hall–Kier alpha value is -0.380. The maximum absolute atomic E-state index is 13.1. The molecule has 84 valence electrons. The van der Waals surface area contributed by atoms with Gasteiger partial charge >= 0.3 is 0 Å². The normalized spacial score (nSPS) is 12.7. The lowest BCUT2D eigenvalue weighted by Crippen LogP contribution is -1.95. The molecule has 0 nitrogen and oxygen atoms in total. The summed E-state index contributed by atoms with van der Waals surface area (Å²) in [6.45, 7) is 0. The van der Waals surface area contributed by atoms with Crippen molar-refractivity contribution in [2.45, 2.75) is 11.8 Å². The first-order valence-electron chi connectivity index (χ1n) is 4.77. The standard InChI is InChI=1S/C12H9BrClFS/c13-10-6-9(1-2-12(10)15)11(14)5-8-3-4-16-7-8/h1-4,6-7,11H,5H2. The molecule has 0 spiro atoms. The minimum absolute atomic E-state index is 0.119. The van der Waals surface area contributed by atoms with Crippen LogP contribution >= 0.6 is 38.9 Å². The van der Waals surface area contributed by atoms with Crippen molar-refractivity contribution in [1.29, 1.82) is 0 Å². The van der Waals surface area contributed by atoms with Gasteiger partial charge in [-0.25, -0.2) is 4.39 Å². The fraction of sp³-hybridized carbons (Fsp3) is 0.167. The summed E-state index contributed by atoms with van der Waals surface area (Å²) in [7, 11) is 0. The summed E-state index contributed by atoms with van der Waals surface area (Å²) < 4.78 is 13.5. The second-order valence-electron chi connectivity index (χ2n) is 3.48. The van der Waals surface area contributed by atoms with Crippen molar-refractivity contribution in [3.63, 3.8) is 0 Å². The van der Waals surface area contributed by atoms with Crippen LogP contribution in [-0.2, 0) is 6.42 Å². The summed E-state index contributed by atoms with van der Waals surface area (Å²) >= 11 is 11.1. The summed E-state index contributed by atoms with van der Waals surface area (Å²) in [5.74, 6) is -0.261. The highest BCUT2D eigenvalue weighted by molar-refractivity contribution is 9.10. The maximum atomic E-state index is 13.1. The maximum Gasteiger partial charge on any atom is 0.137 e. The molecule has 0 aliphatic carbocycles. The average molecular weight is 320 g/mol. The summed E-state index contributed by atoms with van der Waals surface area (Å²) in [6.07, 6.45) is 0.767. The molecule has 0 saturated heterocycles. The van der Waals surface area contributed by atoms with Crippen molar-refractivity contribution in [3.8, 4) is 0 Å². The van der Waals surface area contributed by atoms with Crippen LogP contribution in [0.1, 0.15) is 16.5 Å². The molecule has 4 heteroatoms. The Morgan fingerprint density at radius 3 is 2.81 bits per heavy atom. The highest BCUT2D eigenvalue weighted by atomic mass is 79.9. The summed E-state index contributed by atoms with van der Waals surface area (Å²) in [5, 5.41) is 3.99. The van der Waals surface area contributed by atoms with Crippen LogP contribution in [0.5, 0.6) is 0 Å². The molecule has 1 unspecified atom stereocenters. The van der Waals surface area contributed by atoms with Crippen LogP contribution in [0.25, 0.3) is 0 Å². The lowest BCUT2D eigenvalue weighted by atomic mass is 10.1. The number of halogens is 3. The fourth-order valence-corrected chi connectivity index (χ4v) is 2.83. The largest absolute Gasteiger partial charge is 0.206 e. The van der Waals surface area contributed by atoms with Crippen molar-refractivity contribution < 1.29 is 4.39 Å². The first-order chi connectivity index (χ1) is 7.66. The van der Waals surface area contributed by atoms with Gasteiger partial charge in [0.25, 0.3) is 0 Å². The Bertz CT molecular complexity index is 470. The first-order valence-corrected chi connectivity index (χ1v) is 6.94. The molecule has 0 aliphatic rings. The summed E-state index contributed by atoms with van der Waals surface area (Å²) in [4.78, 5) is 0. The zero-order chi connectivity index (χ0) is 11.5. The number of thiophene rings is 1. The Kier molecular flexibility index (Phi) is 4.00. The van der Waals surface area contributed by atoms with Gasteiger partial charge in [0.1, 0.15) is 5.82 Å². The molecule has 2 rings (SSSR count). The fourth-order valence-electron chi connectivity index (χ4n) is 1.44. The molecular weight excluding hydrogens is 311 g/mol. The molecule has 1 aromatic carbocycles. The summed E-state index contributed by atoms with van der Waals surface area (Å²) in [5.41, 5.74) is 2.14. The van der Waals surface area contributed by atoms with Gasteiger partial charge in [0.15, 0.2) is 0 Å². The molecule has 0 radical (unpaired) electrons. The zero-order valence-electron chi connectivity index (χ0n) is 8.29. The van der Waals surface area contributed by atoms with E-state index < -0.39 is 0 Å². The van der Waals surface area contributed by atoms with E-state index in [1.165, 1.54) is 11.6 Å². The van der Waals surface area contributed by atoms with Crippen molar-refractivity contribution in [3.05, 3.63) is 56.4 Å². The molecule has 0 bridgehead atoms. The van der Waals surface area contributed by atoms with E-state index >= 15 is 0 Å². The molecule has 0 N–H and O–H groups in total. The van der Waals surface area contributed by atoms with Gasteiger partial charge in [-0.05, 0) is 62.4 Å². The lowest BCUT2D eigenvalue weighted by molar-refractivity contribution is 0.620. The molecule has 1 atom stereocenters. The molecule has 0 aliphatic heterocycles. The van der Waals surface area contributed by atoms with Crippen molar-refractivity contribution >= 4 is 38.9 Å². The second-order valence-corrected chi connectivity index (χ2v) is 5.64. The van der Waals surface area contributed by atoms with Crippen LogP contribution in [0.3, 0.4) is 0 Å². The van der Waals surface area contributed by atoms with E-state index in [0.717, 1.165) is 12.0 Å². The lowest BCUT2D eigenvalue weighted by Gasteiger charge is -2.09. The van der Waals surface area contributed by atoms with Crippen LogP contribution in [-0.4, -0.2) is 0 Å². The second kappa shape index (κ2) is 5.30. The van der Waals surface area contributed by atoms with E-state index in [-0.39, 0.29) is 11.2 Å². The van der Waals surface area contributed by atoms with Gasteiger partial charge < -0.3 is 0 Å². The van der Waals surface area contributed by atoms with Gasteiger partial charge in [-0.2, -0.15) is 11.3 Å². The SMILES string of the molecule is Fc1ccc(C(Cl)Cc2ccsc2)cc1Br. The quantitative estimate of drug-likeness (QED) is 0.684. The summed E-state index contributed by atoms with van der Waals surface area (Å²) in [6, 6.07) is 6.95. The van der Waals surface area contributed by atoms with E-state index in [1.807, 2.05) is 5.38 Å². The van der Waals surface area contributed by atoms with Crippen LogP contribution in [0.4, 0.5) is 4.39 Å². The van der Waals surface area contributed by atoms with E-state index in [4.69, 9.17) is 11.6 Å². The highest BCUT2D eigenvalue weighted by Gasteiger charge is 2.11. The van der Waals surface area contributed by atoms with Crippen LogP contribution in [0.15, 0.2) is 39.5 Å². The molecule has 1 aromatic heterocycles. The third-order valence-corrected chi connectivity index (χ3v) is 4.05. The third kappa shape index (κ3) is 2.84. The van der Waals surface area contributed by atoms with Crippen molar-refractivity contribution in [2.75, 3.05) is 0 Å². The van der Waals surface area contributed by atoms with Crippen LogP contribution in [0.2, 0.25) is 0 Å². The predicted molar refractivity (Wildman–Crippen MR) is 70.7 cm³/mol. The topological polar surface area (TPSA) is 0 Å². The van der Waals surface area contributed by atoms with Crippen LogP contribution in [0, 0.1) is 5.82 Å². The number of benzene rings is 1. The minimum atomic E-state index is -0.261. The average Bonchev–Trinajstić information content (AvgIpc) is 2.74. The monoisotopic (exact) mass is 318 g/mol. The van der Waals surface area contributed by atoms with Gasteiger partial charge in [-0.1, -0.05) is 6.07 Å². The molecule has 16 heavy (non-hydrogen) atoms. The van der Waals surface area contributed by atoms with E-state index in [2.05, 4.69) is 27.4 Å². The molecule has 0 fully saturated rings. The smallest absolute Gasteiger partial charge is 0.137 e. The van der Waals surface area contributed by atoms with E-state index in [1.54, 1.807) is 23.5 Å². The number of hydrogen-bond donors (Lipinski definition) is 0. The van der Waals surface area contributed by atoms with Crippen LogP contribution < -0.4 is 0 Å². The molecular formula is C12H9BrClFS. The van der Waals surface area contributed by atoms with Crippen molar-refractivity contribution in [1.82, 2.24) is 0 Å². The van der Waals surface area contributed by atoms with Gasteiger partial charge in [0.2, 0.25) is 0 Å². The van der Waals surface area contributed by atoms with Crippen molar-refractivity contribution in [2.24, 2.45) is 0 Å². The Balaban J connectivity index is 2.14. The Morgan fingerprint density at radius 2 is 2.19 bits per heavy atom.